The zero-order valence-electron chi connectivity index (χ0n) is 9.76. The molecule has 0 aromatic carbocycles. The summed E-state index contributed by atoms with van der Waals surface area (Å²) < 4.78 is 38.5. The van der Waals surface area contributed by atoms with E-state index in [1.807, 2.05) is 0 Å². The standard InChI is InChI=1S/C12H7F3N2O2S/c13-12(14,15)8-4-2-6-17-10(8)20-9-7(11(18)19)3-1-5-16-9/h1-6H,(H,18,19). The van der Waals surface area contributed by atoms with E-state index in [0.717, 1.165) is 6.07 Å². The van der Waals surface area contributed by atoms with Crippen molar-refractivity contribution >= 4 is 17.7 Å². The summed E-state index contributed by atoms with van der Waals surface area (Å²) >= 11 is 0.573. The predicted octanol–water partition coefficient (Wildman–Crippen LogP) is 3.34. The van der Waals surface area contributed by atoms with Crippen molar-refractivity contribution < 1.29 is 23.1 Å². The van der Waals surface area contributed by atoms with Crippen LogP contribution in [0.1, 0.15) is 15.9 Å². The molecule has 0 aliphatic heterocycles. The summed E-state index contributed by atoms with van der Waals surface area (Å²) in [5.74, 6) is -1.26. The second-order valence-electron chi connectivity index (χ2n) is 3.62. The van der Waals surface area contributed by atoms with Gasteiger partial charge >= 0.3 is 12.1 Å². The second-order valence-corrected chi connectivity index (χ2v) is 4.59. The van der Waals surface area contributed by atoms with Crippen LogP contribution in [0.15, 0.2) is 46.7 Å². The molecule has 0 fully saturated rings. The minimum absolute atomic E-state index is 0.0378. The minimum Gasteiger partial charge on any atom is -0.478 e. The minimum atomic E-state index is -4.56. The van der Waals surface area contributed by atoms with E-state index in [4.69, 9.17) is 5.11 Å². The molecule has 4 nitrogen and oxygen atoms in total. The molecular formula is C12H7F3N2O2S. The first-order chi connectivity index (χ1) is 9.39. The van der Waals surface area contributed by atoms with E-state index in [-0.39, 0.29) is 15.6 Å². The van der Waals surface area contributed by atoms with Gasteiger partial charge in [0.25, 0.3) is 0 Å². The highest BCUT2D eigenvalue weighted by molar-refractivity contribution is 7.99. The van der Waals surface area contributed by atoms with E-state index in [2.05, 4.69) is 9.97 Å². The molecule has 0 amide bonds. The number of carboxylic acids is 1. The quantitative estimate of drug-likeness (QED) is 0.942. The Balaban J connectivity index is 2.44. The third kappa shape index (κ3) is 3.08. The van der Waals surface area contributed by atoms with Gasteiger partial charge in [0, 0.05) is 12.4 Å². The number of nitrogens with zero attached hydrogens (tertiary/aromatic N) is 2. The molecule has 0 bridgehead atoms. The number of hydrogen-bond donors (Lipinski definition) is 1. The van der Waals surface area contributed by atoms with E-state index in [9.17, 15) is 18.0 Å². The van der Waals surface area contributed by atoms with Crippen molar-refractivity contribution in [3.63, 3.8) is 0 Å². The lowest BCUT2D eigenvalue weighted by Crippen LogP contribution is -2.08. The van der Waals surface area contributed by atoms with Crippen LogP contribution in [0.3, 0.4) is 0 Å². The van der Waals surface area contributed by atoms with Crippen molar-refractivity contribution in [2.24, 2.45) is 0 Å². The maximum absolute atomic E-state index is 12.8. The smallest absolute Gasteiger partial charge is 0.419 e. The fraction of sp³-hybridized carbons (Fsp3) is 0.0833. The highest BCUT2D eigenvalue weighted by atomic mass is 32.2. The molecule has 8 heteroatoms. The molecule has 0 unspecified atom stereocenters. The fourth-order valence-corrected chi connectivity index (χ4v) is 2.38. The van der Waals surface area contributed by atoms with Gasteiger partial charge in [0.1, 0.15) is 10.1 Å². The molecule has 2 heterocycles. The third-order valence-corrected chi connectivity index (χ3v) is 3.31. The zero-order chi connectivity index (χ0) is 14.8. The van der Waals surface area contributed by atoms with Crippen molar-refractivity contribution in [2.45, 2.75) is 16.2 Å². The SMILES string of the molecule is O=C(O)c1cccnc1Sc1ncccc1C(F)(F)F. The largest absolute Gasteiger partial charge is 0.478 e. The number of aromatic nitrogens is 2. The number of halogens is 3. The van der Waals surface area contributed by atoms with Crippen LogP contribution in [0.2, 0.25) is 0 Å². The zero-order valence-corrected chi connectivity index (χ0v) is 10.6. The summed E-state index contributed by atoms with van der Waals surface area (Å²) in [5, 5.41) is 8.61. The van der Waals surface area contributed by atoms with E-state index in [0.29, 0.717) is 11.8 Å². The Morgan fingerprint density at radius 2 is 1.70 bits per heavy atom. The Kier molecular flexibility index (Phi) is 3.93. The Bertz CT molecular complexity index is 647. The van der Waals surface area contributed by atoms with Gasteiger partial charge in [-0.1, -0.05) is 0 Å². The molecular weight excluding hydrogens is 293 g/mol. The molecule has 2 aromatic rings. The third-order valence-electron chi connectivity index (χ3n) is 2.27. The molecule has 0 spiro atoms. The van der Waals surface area contributed by atoms with Crippen LogP contribution >= 0.6 is 11.8 Å². The number of carboxylic acid groups (broad SMARTS) is 1. The molecule has 0 aliphatic carbocycles. The number of carbonyl (C=O) groups is 1. The first-order valence-electron chi connectivity index (χ1n) is 5.28. The monoisotopic (exact) mass is 300 g/mol. The van der Waals surface area contributed by atoms with Crippen LogP contribution in [0.25, 0.3) is 0 Å². The lowest BCUT2D eigenvalue weighted by Gasteiger charge is -2.11. The number of rotatable bonds is 3. The molecule has 0 atom stereocenters. The van der Waals surface area contributed by atoms with Gasteiger partial charge in [-0.25, -0.2) is 14.8 Å². The highest BCUT2D eigenvalue weighted by Crippen LogP contribution is 2.38. The van der Waals surface area contributed by atoms with Gasteiger partial charge in [-0.2, -0.15) is 13.2 Å². The first kappa shape index (κ1) is 14.3. The van der Waals surface area contributed by atoms with Gasteiger partial charge in [0.15, 0.2) is 0 Å². The van der Waals surface area contributed by atoms with Crippen molar-refractivity contribution in [3.05, 3.63) is 47.8 Å². The summed E-state index contributed by atoms with van der Waals surface area (Å²) in [6.45, 7) is 0. The average molecular weight is 300 g/mol. The van der Waals surface area contributed by atoms with E-state index in [1.54, 1.807) is 0 Å². The van der Waals surface area contributed by atoms with Crippen LogP contribution in [0, 0.1) is 0 Å². The summed E-state index contributed by atoms with van der Waals surface area (Å²) in [6.07, 6.45) is -2.04. The summed E-state index contributed by atoms with van der Waals surface area (Å²) in [7, 11) is 0. The Morgan fingerprint density at radius 3 is 2.30 bits per heavy atom. The number of alkyl halides is 3. The number of aromatic carboxylic acids is 1. The number of hydrogen-bond acceptors (Lipinski definition) is 4. The molecule has 0 radical (unpaired) electrons. The van der Waals surface area contributed by atoms with Crippen LogP contribution in [0.5, 0.6) is 0 Å². The fourth-order valence-electron chi connectivity index (χ4n) is 1.41. The van der Waals surface area contributed by atoms with Crippen LogP contribution in [-0.2, 0) is 6.18 Å². The molecule has 2 aromatic heterocycles. The number of pyridine rings is 2. The molecule has 0 aliphatic rings. The molecule has 1 N–H and O–H groups in total. The van der Waals surface area contributed by atoms with Crippen molar-refractivity contribution in [1.29, 1.82) is 0 Å². The van der Waals surface area contributed by atoms with Crippen molar-refractivity contribution in [1.82, 2.24) is 9.97 Å². The summed E-state index contributed by atoms with van der Waals surface area (Å²) in [5.41, 5.74) is -1.09. The molecule has 104 valence electrons. The van der Waals surface area contributed by atoms with Gasteiger partial charge in [-0.05, 0) is 36.0 Å². The molecule has 0 saturated carbocycles. The van der Waals surface area contributed by atoms with Crippen LogP contribution in [-0.4, -0.2) is 21.0 Å². The van der Waals surface area contributed by atoms with E-state index >= 15 is 0 Å². The van der Waals surface area contributed by atoms with Gasteiger partial charge in [0.05, 0.1) is 11.1 Å². The molecule has 2 rings (SSSR count). The Hall–Kier alpha value is -2.09. The molecule has 20 heavy (non-hydrogen) atoms. The van der Waals surface area contributed by atoms with Crippen LogP contribution < -0.4 is 0 Å². The highest BCUT2D eigenvalue weighted by Gasteiger charge is 2.34. The lowest BCUT2D eigenvalue weighted by atomic mass is 10.3. The lowest BCUT2D eigenvalue weighted by molar-refractivity contribution is -0.140. The van der Waals surface area contributed by atoms with Crippen molar-refractivity contribution in [2.75, 3.05) is 0 Å². The van der Waals surface area contributed by atoms with Gasteiger partial charge in [-0.15, -0.1) is 0 Å². The Morgan fingerprint density at radius 1 is 1.10 bits per heavy atom. The predicted molar refractivity (Wildman–Crippen MR) is 64.6 cm³/mol. The second kappa shape index (κ2) is 5.49. The van der Waals surface area contributed by atoms with Crippen molar-refractivity contribution in [3.8, 4) is 0 Å². The maximum atomic E-state index is 12.8. The van der Waals surface area contributed by atoms with Gasteiger partial charge in [0.2, 0.25) is 0 Å². The summed E-state index contributed by atoms with van der Waals surface area (Å²) in [4.78, 5) is 18.4. The van der Waals surface area contributed by atoms with E-state index < -0.39 is 17.7 Å². The average Bonchev–Trinajstić information content (AvgIpc) is 2.38. The normalized spacial score (nSPS) is 11.3. The topological polar surface area (TPSA) is 63.1 Å². The van der Waals surface area contributed by atoms with Crippen LogP contribution in [0.4, 0.5) is 13.2 Å². The Labute approximate surface area is 115 Å². The maximum Gasteiger partial charge on any atom is 0.419 e. The first-order valence-corrected chi connectivity index (χ1v) is 6.09. The van der Waals surface area contributed by atoms with E-state index in [1.165, 1.54) is 30.6 Å². The summed E-state index contributed by atoms with van der Waals surface area (Å²) in [6, 6.07) is 4.73. The molecule has 0 saturated heterocycles. The van der Waals surface area contributed by atoms with Gasteiger partial charge < -0.3 is 5.11 Å². The van der Waals surface area contributed by atoms with Gasteiger partial charge in [-0.3, -0.25) is 0 Å².